The number of aromatic nitrogens is 1. The average Bonchev–Trinajstić information content (AvgIpc) is 3.08. The maximum atomic E-state index is 14.1. The predicted octanol–water partition coefficient (Wildman–Crippen LogP) is 2.17. The third-order valence-corrected chi connectivity index (χ3v) is 11.1. The van der Waals surface area contributed by atoms with E-state index in [2.05, 4.69) is 15.2 Å². The Kier molecular flexibility index (Phi) is 10.9. The molecule has 0 radical (unpaired) electrons. The van der Waals surface area contributed by atoms with E-state index >= 15 is 0 Å². The van der Waals surface area contributed by atoms with Gasteiger partial charge in [-0.3, -0.25) is 19.5 Å². The summed E-state index contributed by atoms with van der Waals surface area (Å²) in [5, 5.41) is 3.55. The van der Waals surface area contributed by atoms with E-state index in [1.54, 1.807) is 30.2 Å². The summed E-state index contributed by atoms with van der Waals surface area (Å²) in [5.74, 6) is -0.109. The van der Waals surface area contributed by atoms with E-state index in [1.807, 2.05) is 25.2 Å². The summed E-state index contributed by atoms with van der Waals surface area (Å²) in [4.78, 5) is 45.1. The van der Waals surface area contributed by atoms with Gasteiger partial charge in [-0.1, -0.05) is 30.7 Å². The molecule has 1 saturated heterocycles. The van der Waals surface area contributed by atoms with Gasteiger partial charge in [-0.05, 0) is 62.6 Å². The zero-order valence-corrected chi connectivity index (χ0v) is 27.8. The van der Waals surface area contributed by atoms with Crippen LogP contribution >= 0.6 is 0 Å². The number of methoxy groups -OCH3 is 1. The first-order valence-corrected chi connectivity index (χ1v) is 17.6. The van der Waals surface area contributed by atoms with Crippen LogP contribution in [0.25, 0.3) is 11.6 Å². The zero-order valence-electron chi connectivity index (χ0n) is 27.0. The highest BCUT2D eigenvalue weighted by molar-refractivity contribution is 7.92. The fraction of sp³-hybridized carbons (Fsp3) is 0.429. The minimum Gasteiger partial charge on any atom is -0.501 e. The SMILES string of the molecule is COC1=CC=CC(Nc2c(C(N)=O)cnc3c2=CC(S(=O)(=O)c2cccc(C(=O)N4CCN(CCCCCC=O)CC4)c2)CC=3C)C1. The lowest BCUT2D eigenvalue weighted by Gasteiger charge is -2.34. The van der Waals surface area contributed by atoms with Crippen molar-refractivity contribution in [1.82, 2.24) is 14.8 Å². The molecule has 0 bridgehead atoms. The molecule has 2 unspecified atom stereocenters. The molecule has 11 nitrogen and oxygen atoms in total. The Hall–Kier alpha value is -4.29. The fourth-order valence-corrected chi connectivity index (χ4v) is 8.07. The topological polar surface area (TPSA) is 152 Å². The van der Waals surface area contributed by atoms with Crippen molar-refractivity contribution in [3.63, 3.8) is 0 Å². The van der Waals surface area contributed by atoms with Gasteiger partial charge >= 0.3 is 0 Å². The highest BCUT2D eigenvalue weighted by Gasteiger charge is 2.31. The van der Waals surface area contributed by atoms with Crippen LogP contribution in [-0.4, -0.2) is 92.4 Å². The summed E-state index contributed by atoms with van der Waals surface area (Å²) in [6, 6.07) is 6.04. The van der Waals surface area contributed by atoms with Crippen molar-refractivity contribution in [2.75, 3.05) is 45.2 Å². The van der Waals surface area contributed by atoms with Crippen molar-refractivity contribution < 1.29 is 27.5 Å². The molecule has 5 rings (SSSR count). The van der Waals surface area contributed by atoms with E-state index in [0.717, 1.165) is 56.5 Å². The molecule has 2 amide bonds. The monoisotopic (exact) mass is 661 g/mol. The van der Waals surface area contributed by atoms with Crippen molar-refractivity contribution in [2.45, 2.75) is 61.6 Å². The maximum Gasteiger partial charge on any atom is 0.253 e. The van der Waals surface area contributed by atoms with E-state index in [9.17, 15) is 22.8 Å². The van der Waals surface area contributed by atoms with Gasteiger partial charge < -0.3 is 25.5 Å². The van der Waals surface area contributed by atoms with Crippen LogP contribution in [0, 0.1) is 0 Å². The van der Waals surface area contributed by atoms with Crippen molar-refractivity contribution in [3.8, 4) is 0 Å². The number of benzene rings is 1. The van der Waals surface area contributed by atoms with Crippen LogP contribution in [0.5, 0.6) is 0 Å². The maximum absolute atomic E-state index is 14.1. The lowest BCUT2D eigenvalue weighted by Crippen LogP contribution is -2.48. The summed E-state index contributed by atoms with van der Waals surface area (Å²) in [7, 11) is -2.34. The standard InChI is InChI=1S/C35H43N5O6S/c1-24-19-29(22-30-32(24)37-23-31(34(36)42)33(30)38-26-10-8-11-27(21-26)46-2)47(44,45)28-12-7-9-25(20-28)35(43)40-16-14-39(15-17-40)13-5-3-4-6-18-41/h7-12,18,20,22-23,26,29,38H,3-6,13-17,19,21H2,1-2H3,(H2,36,42). The summed E-state index contributed by atoms with van der Waals surface area (Å²) >= 11 is 0. The lowest BCUT2D eigenvalue weighted by atomic mass is 10.00. The molecular weight excluding hydrogens is 618 g/mol. The second-order valence-electron chi connectivity index (χ2n) is 12.3. The molecule has 1 fully saturated rings. The van der Waals surface area contributed by atoms with E-state index in [4.69, 9.17) is 10.5 Å². The van der Waals surface area contributed by atoms with Gasteiger partial charge in [-0.15, -0.1) is 0 Å². The number of piperazine rings is 1. The van der Waals surface area contributed by atoms with E-state index in [1.165, 1.54) is 18.3 Å². The van der Waals surface area contributed by atoms with Crippen molar-refractivity contribution in [1.29, 1.82) is 0 Å². The van der Waals surface area contributed by atoms with Gasteiger partial charge in [0.1, 0.15) is 6.29 Å². The number of unbranched alkanes of at least 4 members (excludes halogenated alkanes) is 3. The zero-order chi connectivity index (χ0) is 33.6. The first-order chi connectivity index (χ1) is 22.6. The van der Waals surface area contributed by atoms with E-state index in [0.29, 0.717) is 47.7 Å². The van der Waals surface area contributed by atoms with Crippen molar-refractivity contribution in [3.05, 3.63) is 76.1 Å². The predicted molar refractivity (Wildman–Crippen MR) is 181 cm³/mol. The van der Waals surface area contributed by atoms with Gasteiger partial charge in [0.05, 0.1) is 45.7 Å². The second-order valence-corrected chi connectivity index (χ2v) is 14.4. The molecule has 1 aromatic heterocycles. The number of fused-ring (bicyclic) bond motifs is 1. The molecule has 2 heterocycles. The second kappa shape index (κ2) is 15.1. The number of carbonyl (C=O) groups is 3. The van der Waals surface area contributed by atoms with E-state index < -0.39 is 21.0 Å². The van der Waals surface area contributed by atoms with Crippen LogP contribution in [0.4, 0.5) is 5.69 Å². The number of pyridine rings is 1. The molecule has 0 saturated carbocycles. The number of aldehydes is 1. The Labute approximate surface area is 275 Å². The van der Waals surface area contributed by atoms with Crippen molar-refractivity contribution >= 4 is 45.3 Å². The Bertz CT molecular complexity index is 1810. The molecule has 250 valence electrons. The number of sulfone groups is 1. The number of carbonyl (C=O) groups excluding carboxylic acids is 3. The van der Waals surface area contributed by atoms with Crippen LogP contribution in [0.1, 0.15) is 66.2 Å². The van der Waals surface area contributed by atoms with E-state index in [-0.39, 0.29) is 28.8 Å². The molecule has 2 aromatic rings. The third-order valence-electron chi connectivity index (χ3n) is 9.05. The molecule has 1 aliphatic heterocycles. The Balaban J connectivity index is 1.37. The first kappa shape index (κ1) is 34.1. The number of ether oxygens (including phenoxy) is 1. The first-order valence-electron chi connectivity index (χ1n) is 16.1. The number of primary amides is 1. The van der Waals surface area contributed by atoms with Crippen LogP contribution in [-0.2, 0) is 19.4 Å². The number of anilines is 1. The van der Waals surface area contributed by atoms with Gasteiger partial charge in [-0.2, -0.15) is 0 Å². The largest absolute Gasteiger partial charge is 0.501 e. The fourth-order valence-electron chi connectivity index (χ4n) is 6.38. The number of rotatable bonds is 13. The van der Waals surface area contributed by atoms with Crippen LogP contribution in [0.2, 0.25) is 0 Å². The summed E-state index contributed by atoms with van der Waals surface area (Å²) in [5.41, 5.74) is 7.43. The molecule has 3 N–H and O–H groups in total. The van der Waals surface area contributed by atoms with Gasteiger partial charge in [0.25, 0.3) is 11.8 Å². The summed E-state index contributed by atoms with van der Waals surface area (Å²) in [6.07, 6.45) is 14.0. The number of allylic oxidation sites excluding steroid dienone is 2. The molecule has 1 aromatic carbocycles. The lowest BCUT2D eigenvalue weighted by molar-refractivity contribution is -0.107. The molecule has 2 atom stereocenters. The summed E-state index contributed by atoms with van der Waals surface area (Å²) in [6.45, 7) is 5.40. The number of nitrogens with two attached hydrogens (primary N) is 1. The molecule has 2 aliphatic carbocycles. The quantitative estimate of drug-likeness (QED) is 0.243. The van der Waals surface area contributed by atoms with Crippen LogP contribution in [0.3, 0.4) is 0 Å². The normalized spacial score (nSPS) is 19.7. The average molecular weight is 662 g/mol. The number of nitrogens with one attached hydrogen (secondary N) is 1. The Morgan fingerprint density at radius 1 is 1.13 bits per heavy atom. The number of hydrogen-bond donors (Lipinski definition) is 2. The number of amides is 2. The molecular formula is C35H43N5O6S. The number of hydrogen-bond acceptors (Lipinski definition) is 9. The molecule has 47 heavy (non-hydrogen) atoms. The van der Waals surface area contributed by atoms with Gasteiger partial charge in [0.15, 0.2) is 9.84 Å². The smallest absolute Gasteiger partial charge is 0.253 e. The minimum absolute atomic E-state index is 0.0634. The van der Waals surface area contributed by atoms with Gasteiger partial charge in [0, 0.05) is 56.0 Å². The van der Waals surface area contributed by atoms with Crippen molar-refractivity contribution in [2.24, 2.45) is 5.73 Å². The minimum atomic E-state index is -3.94. The van der Waals surface area contributed by atoms with Gasteiger partial charge in [0.2, 0.25) is 0 Å². The molecule has 12 heteroatoms. The molecule has 0 spiro atoms. The molecule has 3 aliphatic rings. The van der Waals surface area contributed by atoms with Crippen LogP contribution < -0.4 is 21.6 Å². The Morgan fingerprint density at radius 3 is 2.64 bits per heavy atom. The number of nitrogens with zero attached hydrogens (tertiary/aromatic N) is 3. The summed E-state index contributed by atoms with van der Waals surface area (Å²) < 4.78 is 33.7. The highest BCUT2D eigenvalue weighted by atomic mass is 32.2. The Morgan fingerprint density at radius 2 is 1.91 bits per heavy atom. The van der Waals surface area contributed by atoms with Gasteiger partial charge in [-0.25, -0.2) is 8.42 Å². The highest BCUT2D eigenvalue weighted by Crippen LogP contribution is 2.26. The van der Waals surface area contributed by atoms with Crippen LogP contribution in [0.15, 0.2) is 59.3 Å². The third kappa shape index (κ3) is 7.82.